The maximum Gasteiger partial charge on any atom is 0.313 e. The molecule has 0 radical (unpaired) electrons. The summed E-state index contributed by atoms with van der Waals surface area (Å²) in [6, 6.07) is 2.00. The van der Waals surface area contributed by atoms with Crippen LogP contribution in [0, 0.1) is 5.41 Å². The molecule has 1 heterocycles. The van der Waals surface area contributed by atoms with E-state index in [4.69, 9.17) is 4.74 Å². The van der Waals surface area contributed by atoms with Gasteiger partial charge in [0.05, 0.1) is 18.2 Å². The number of hydrogen-bond donors (Lipinski definition) is 1. The van der Waals surface area contributed by atoms with E-state index in [0.717, 1.165) is 31.5 Å². The summed E-state index contributed by atoms with van der Waals surface area (Å²) in [6.45, 7) is 0.734. The standard InChI is InChI=1S/C12H18N2O2/c1-14(10-4-7-13-8-10)9-12(5-3-6-12)11(15)16-2/h4,7-8,13H,3,5-6,9H2,1-2H3. The first-order chi connectivity index (χ1) is 7.68. The van der Waals surface area contributed by atoms with Crippen LogP contribution in [0.15, 0.2) is 18.5 Å². The van der Waals surface area contributed by atoms with E-state index in [9.17, 15) is 4.79 Å². The number of H-pyrrole nitrogens is 1. The second kappa shape index (κ2) is 4.20. The zero-order valence-corrected chi connectivity index (χ0v) is 9.82. The molecule has 4 nitrogen and oxygen atoms in total. The number of nitrogens with one attached hydrogen (secondary N) is 1. The average molecular weight is 222 g/mol. The molecule has 0 bridgehead atoms. The van der Waals surface area contributed by atoms with Gasteiger partial charge in [0.25, 0.3) is 0 Å². The Morgan fingerprint density at radius 1 is 1.62 bits per heavy atom. The van der Waals surface area contributed by atoms with Crippen molar-refractivity contribution in [3.63, 3.8) is 0 Å². The first kappa shape index (κ1) is 11.0. The zero-order valence-electron chi connectivity index (χ0n) is 9.82. The Kier molecular flexibility index (Phi) is 2.90. The van der Waals surface area contributed by atoms with Crippen LogP contribution in [-0.2, 0) is 9.53 Å². The van der Waals surface area contributed by atoms with Gasteiger partial charge in [-0.25, -0.2) is 0 Å². The average Bonchev–Trinajstić information content (AvgIpc) is 2.75. The molecule has 0 spiro atoms. The van der Waals surface area contributed by atoms with Crippen molar-refractivity contribution < 1.29 is 9.53 Å². The number of nitrogens with zero attached hydrogens (tertiary/aromatic N) is 1. The lowest BCUT2D eigenvalue weighted by Gasteiger charge is -2.41. The van der Waals surface area contributed by atoms with Crippen molar-refractivity contribution in [2.75, 3.05) is 25.6 Å². The monoisotopic (exact) mass is 222 g/mol. The van der Waals surface area contributed by atoms with Gasteiger partial charge in [-0.15, -0.1) is 0 Å². The third kappa shape index (κ3) is 1.79. The van der Waals surface area contributed by atoms with E-state index in [1.807, 2.05) is 25.5 Å². The predicted octanol–water partition coefficient (Wildman–Crippen LogP) is 1.79. The van der Waals surface area contributed by atoms with E-state index >= 15 is 0 Å². The summed E-state index contributed by atoms with van der Waals surface area (Å²) in [5.74, 6) is -0.0684. The maximum atomic E-state index is 11.8. The lowest BCUT2D eigenvalue weighted by atomic mass is 9.68. The summed E-state index contributed by atoms with van der Waals surface area (Å²) in [5, 5.41) is 0. The van der Waals surface area contributed by atoms with Crippen molar-refractivity contribution in [2.45, 2.75) is 19.3 Å². The lowest BCUT2D eigenvalue weighted by molar-refractivity contribution is -0.157. The molecule has 1 N–H and O–H groups in total. The number of rotatable bonds is 4. The first-order valence-corrected chi connectivity index (χ1v) is 5.60. The Morgan fingerprint density at radius 2 is 2.38 bits per heavy atom. The van der Waals surface area contributed by atoms with Crippen LogP contribution in [0.2, 0.25) is 0 Å². The molecule has 1 aromatic rings. The highest BCUT2D eigenvalue weighted by molar-refractivity contribution is 5.78. The SMILES string of the molecule is COC(=O)C1(CN(C)c2cc[nH]c2)CCC1. The van der Waals surface area contributed by atoms with E-state index in [-0.39, 0.29) is 11.4 Å². The summed E-state index contributed by atoms with van der Waals surface area (Å²) in [4.78, 5) is 16.9. The Morgan fingerprint density at radius 3 is 2.81 bits per heavy atom. The van der Waals surface area contributed by atoms with Gasteiger partial charge in [-0.2, -0.15) is 0 Å². The fraction of sp³-hybridized carbons (Fsp3) is 0.583. The van der Waals surface area contributed by atoms with Gasteiger partial charge in [-0.3, -0.25) is 4.79 Å². The number of anilines is 1. The summed E-state index contributed by atoms with van der Waals surface area (Å²) in [6.07, 6.45) is 6.82. The number of ether oxygens (including phenoxy) is 1. The molecule has 0 amide bonds. The maximum absolute atomic E-state index is 11.8. The molecule has 1 aliphatic rings. The highest BCUT2D eigenvalue weighted by Crippen LogP contribution is 2.43. The first-order valence-electron chi connectivity index (χ1n) is 5.60. The minimum atomic E-state index is -0.277. The number of carbonyl (C=O) groups excluding carboxylic acids is 1. The van der Waals surface area contributed by atoms with Crippen molar-refractivity contribution >= 4 is 11.7 Å². The number of carbonyl (C=O) groups is 1. The molecular formula is C12H18N2O2. The van der Waals surface area contributed by atoms with Crippen molar-refractivity contribution in [3.8, 4) is 0 Å². The molecule has 0 atom stereocenters. The fourth-order valence-corrected chi connectivity index (χ4v) is 2.34. The number of esters is 1. The van der Waals surface area contributed by atoms with Crippen LogP contribution in [0.25, 0.3) is 0 Å². The van der Waals surface area contributed by atoms with Gasteiger partial charge in [0.1, 0.15) is 0 Å². The number of aromatic nitrogens is 1. The normalized spacial score (nSPS) is 17.6. The molecule has 0 unspecified atom stereocenters. The van der Waals surface area contributed by atoms with Crippen molar-refractivity contribution in [1.82, 2.24) is 4.98 Å². The molecule has 0 aliphatic heterocycles. The van der Waals surface area contributed by atoms with Crippen LogP contribution < -0.4 is 4.90 Å². The molecule has 1 aliphatic carbocycles. The number of hydrogen-bond acceptors (Lipinski definition) is 3. The minimum absolute atomic E-state index is 0.0684. The molecular weight excluding hydrogens is 204 g/mol. The summed E-state index contributed by atoms with van der Waals surface area (Å²) in [7, 11) is 3.48. The van der Waals surface area contributed by atoms with Gasteiger partial charge in [-0.05, 0) is 18.9 Å². The summed E-state index contributed by atoms with van der Waals surface area (Å²) < 4.78 is 4.90. The van der Waals surface area contributed by atoms with Crippen LogP contribution >= 0.6 is 0 Å². The highest BCUT2D eigenvalue weighted by Gasteiger charge is 2.46. The Hall–Kier alpha value is -1.45. The number of methoxy groups -OCH3 is 1. The second-order valence-electron chi connectivity index (χ2n) is 4.55. The molecule has 1 aromatic heterocycles. The molecule has 0 aromatic carbocycles. The van der Waals surface area contributed by atoms with Gasteiger partial charge in [0, 0.05) is 26.0 Å². The third-order valence-electron chi connectivity index (χ3n) is 3.49. The van der Waals surface area contributed by atoms with Gasteiger partial charge in [0.15, 0.2) is 0 Å². The quantitative estimate of drug-likeness (QED) is 0.790. The van der Waals surface area contributed by atoms with E-state index in [1.165, 1.54) is 7.11 Å². The van der Waals surface area contributed by atoms with E-state index < -0.39 is 0 Å². The Labute approximate surface area is 95.6 Å². The van der Waals surface area contributed by atoms with Crippen LogP contribution in [0.1, 0.15) is 19.3 Å². The van der Waals surface area contributed by atoms with Gasteiger partial charge in [-0.1, -0.05) is 6.42 Å². The predicted molar refractivity (Wildman–Crippen MR) is 62.4 cm³/mol. The van der Waals surface area contributed by atoms with Gasteiger partial charge >= 0.3 is 5.97 Å². The largest absolute Gasteiger partial charge is 0.469 e. The van der Waals surface area contributed by atoms with Gasteiger partial charge in [0.2, 0.25) is 0 Å². The van der Waals surface area contributed by atoms with Crippen molar-refractivity contribution in [3.05, 3.63) is 18.5 Å². The van der Waals surface area contributed by atoms with Crippen LogP contribution in [0.3, 0.4) is 0 Å². The summed E-state index contributed by atoms with van der Waals surface area (Å²) >= 11 is 0. The topological polar surface area (TPSA) is 45.3 Å². The molecule has 4 heteroatoms. The molecule has 1 saturated carbocycles. The van der Waals surface area contributed by atoms with Crippen LogP contribution in [-0.4, -0.2) is 31.7 Å². The van der Waals surface area contributed by atoms with Crippen LogP contribution in [0.5, 0.6) is 0 Å². The summed E-state index contributed by atoms with van der Waals surface area (Å²) in [5.41, 5.74) is 0.830. The highest BCUT2D eigenvalue weighted by atomic mass is 16.5. The lowest BCUT2D eigenvalue weighted by Crippen LogP contribution is -2.47. The minimum Gasteiger partial charge on any atom is -0.469 e. The van der Waals surface area contributed by atoms with Crippen molar-refractivity contribution in [2.24, 2.45) is 5.41 Å². The van der Waals surface area contributed by atoms with E-state index in [2.05, 4.69) is 9.88 Å². The third-order valence-corrected chi connectivity index (χ3v) is 3.49. The molecule has 1 fully saturated rings. The molecule has 2 rings (SSSR count). The molecule has 0 saturated heterocycles. The Bertz CT molecular complexity index is 355. The van der Waals surface area contributed by atoms with Crippen LogP contribution in [0.4, 0.5) is 5.69 Å². The van der Waals surface area contributed by atoms with E-state index in [0.29, 0.717) is 0 Å². The fourth-order valence-electron chi connectivity index (χ4n) is 2.34. The zero-order chi connectivity index (χ0) is 11.6. The van der Waals surface area contributed by atoms with E-state index in [1.54, 1.807) is 0 Å². The molecule has 16 heavy (non-hydrogen) atoms. The second-order valence-corrected chi connectivity index (χ2v) is 4.55. The molecule has 88 valence electrons. The number of aromatic amines is 1. The van der Waals surface area contributed by atoms with Crippen molar-refractivity contribution in [1.29, 1.82) is 0 Å². The van der Waals surface area contributed by atoms with Gasteiger partial charge < -0.3 is 14.6 Å². The Balaban J connectivity index is 2.05. The smallest absolute Gasteiger partial charge is 0.313 e.